The molecular formula is C21H26ClN5O4. The number of methoxy groups -OCH3 is 1. The van der Waals surface area contributed by atoms with Crippen molar-refractivity contribution in [2.24, 2.45) is 0 Å². The number of aryl methyl sites for hydroxylation is 1. The van der Waals surface area contributed by atoms with Crippen molar-refractivity contribution >= 4 is 23.4 Å². The SMILES string of the molecule is COc1ccc([C@@H]2CN(C(=O)Cn3nc4n(c3=O)CCCC4)C[C@H]2NC(=O)CCl)cc1. The van der Waals surface area contributed by atoms with Crippen molar-refractivity contribution in [1.29, 1.82) is 0 Å². The van der Waals surface area contributed by atoms with E-state index in [2.05, 4.69) is 10.4 Å². The first-order chi connectivity index (χ1) is 15.0. The summed E-state index contributed by atoms with van der Waals surface area (Å²) in [7, 11) is 1.60. The minimum Gasteiger partial charge on any atom is -0.497 e. The lowest BCUT2D eigenvalue weighted by Crippen LogP contribution is -2.42. The summed E-state index contributed by atoms with van der Waals surface area (Å²) in [5.74, 6) is 0.771. The molecule has 10 heteroatoms. The molecule has 2 aliphatic heterocycles. The van der Waals surface area contributed by atoms with Crippen molar-refractivity contribution in [3.8, 4) is 5.75 Å². The molecule has 2 amide bonds. The molecule has 1 fully saturated rings. The number of carbonyl (C=O) groups is 2. The number of rotatable bonds is 6. The van der Waals surface area contributed by atoms with Crippen molar-refractivity contribution in [3.63, 3.8) is 0 Å². The van der Waals surface area contributed by atoms with E-state index in [1.54, 1.807) is 16.6 Å². The molecule has 0 unspecified atom stereocenters. The average Bonchev–Trinajstić information content (AvgIpc) is 3.35. The fourth-order valence-corrected chi connectivity index (χ4v) is 4.44. The molecule has 0 radical (unpaired) electrons. The van der Waals surface area contributed by atoms with Crippen LogP contribution >= 0.6 is 11.6 Å². The first kappa shape index (κ1) is 21.4. The fraction of sp³-hybridized carbons (Fsp3) is 0.524. The van der Waals surface area contributed by atoms with Gasteiger partial charge >= 0.3 is 5.69 Å². The largest absolute Gasteiger partial charge is 0.497 e. The standard InChI is InChI=1S/C21H26ClN5O4/c1-31-15-7-5-14(6-8-15)16-11-25(12-17(16)23-19(28)10-22)20(29)13-27-21(30)26-9-3-2-4-18(26)24-27/h5-8,16-17H,2-4,9-13H2,1H3,(H,23,28)/t16-,17+/m0/s1. The summed E-state index contributed by atoms with van der Waals surface area (Å²) < 4.78 is 8.14. The highest BCUT2D eigenvalue weighted by atomic mass is 35.5. The maximum Gasteiger partial charge on any atom is 0.346 e. The summed E-state index contributed by atoms with van der Waals surface area (Å²) in [5, 5.41) is 7.28. The molecule has 1 N–H and O–H groups in total. The molecule has 0 bridgehead atoms. The van der Waals surface area contributed by atoms with Crippen LogP contribution in [0.1, 0.15) is 30.1 Å². The van der Waals surface area contributed by atoms with Gasteiger partial charge in [-0.05, 0) is 30.5 Å². The second-order valence-corrected chi connectivity index (χ2v) is 8.22. The summed E-state index contributed by atoms with van der Waals surface area (Å²) >= 11 is 5.68. The van der Waals surface area contributed by atoms with Crippen LogP contribution in [0, 0.1) is 0 Å². The van der Waals surface area contributed by atoms with E-state index in [4.69, 9.17) is 16.3 Å². The van der Waals surface area contributed by atoms with Crippen molar-refractivity contribution in [2.45, 2.75) is 44.3 Å². The lowest BCUT2D eigenvalue weighted by molar-refractivity contribution is -0.131. The van der Waals surface area contributed by atoms with E-state index in [0.29, 0.717) is 19.6 Å². The van der Waals surface area contributed by atoms with Crippen LogP contribution in [-0.2, 0) is 29.1 Å². The Morgan fingerprint density at radius 3 is 2.68 bits per heavy atom. The molecule has 4 rings (SSSR count). The number of fused-ring (bicyclic) bond motifs is 1. The quantitative estimate of drug-likeness (QED) is 0.658. The zero-order chi connectivity index (χ0) is 22.0. The Morgan fingerprint density at radius 1 is 1.23 bits per heavy atom. The van der Waals surface area contributed by atoms with Gasteiger partial charge in [0.15, 0.2) is 0 Å². The van der Waals surface area contributed by atoms with Gasteiger partial charge in [0.2, 0.25) is 11.8 Å². The molecule has 166 valence electrons. The topological polar surface area (TPSA) is 98.5 Å². The Morgan fingerprint density at radius 2 is 2.00 bits per heavy atom. The normalized spacial score (nSPS) is 20.4. The van der Waals surface area contributed by atoms with E-state index >= 15 is 0 Å². The van der Waals surface area contributed by atoms with Crippen molar-refractivity contribution in [1.82, 2.24) is 24.6 Å². The highest BCUT2D eigenvalue weighted by molar-refractivity contribution is 6.27. The number of nitrogens with zero attached hydrogens (tertiary/aromatic N) is 4. The van der Waals surface area contributed by atoms with Gasteiger partial charge in [0.05, 0.1) is 13.2 Å². The van der Waals surface area contributed by atoms with Crippen LogP contribution in [0.5, 0.6) is 5.75 Å². The number of nitrogens with one attached hydrogen (secondary N) is 1. The zero-order valence-corrected chi connectivity index (χ0v) is 18.2. The molecule has 0 saturated carbocycles. The van der Waals surface area contributed by atoms with E-state index < -0.39 is 0 Å². The van der Waals surface area contributed by atoms with Gasteiger partial charge in [-0.25, -0.2) is 9.48 Å². The summed E-state index contributed by atoms with van der Waals surface area (Å²) in [4.78, 5) is 39.2. The molecule has 2 atom stereocenters. The van der Waals surface area contributed by atoms with Crippen LogP contribution in [-0.4, -0.2) is 63.2 Å². The summed E-state index contributed by atoms with van der Waals surface area (Å²) in [5.41, 5.74) is 0.756. The van der Waals surface area contributed by atoms with E-state index in [0.717, 1.165) is 36.4 Å². The predicted octanol–water partition coefficient (Wildman–Crippen LogP) is 0.739. The number of benzene rings is 1. The smallest absolute Gasteiger partial charge is 0.346 e. The molecule has 3 heterocycles. The maximum atomic E-state index is 13.0. The number of alkyl halides is 1. The maximum absolute atomic E-state index is 13.0. The van der Waals surface area contributed by atoms with Gasteiger partial charge in [0, 0.05) is 32.0 Å². The van der Waals surface area contributed by atoms with Gasteiger partial charge in [-0.2, -0.15) is 5.10 Å². The third-order valence-electron chi connectivity index (χ3n) is 6.00. The number of aromatic nitrogens is 3. The number of ether oxygens (including phenoxy) is 1. The van der Waals surface area contributed by atoms with Crippen LogP contribution in [0.25, 0.3) is 0 Å². The lowest BCUT2D eigenvalue weighted by Gasteiger charge is -2.19. The van der Waals surface area contributed by atoms with Gasteiger partial charge in [0.25, 0.3) is 0 Å². The first-order valence-electron chi connectivity index (χ1n) is 10.4. The summed E-state index contributed by atoms with van der Waals surface area (Å²) in [6, 6.07) is 7.32. The Bertz CT molecular complexity index is 1020. The fourth-order valence-electron chi connectivity index (χ4n) is 4.37. The summed E-state index contributed by atoms with van der Waals surface area (Å²) in [6.07, 6.45) is 2.71. The third-order valence-corrected chi connectivity index (χ3v) is 6.24. The molecular weight excluding hydrogens is 422 g/mol. The lowest BCUT2D eigenvalue weighted by atomic mass is 9.94. The van der Waals surface area contributed by atoms with Crippen LogP contribution in [0.3, 0.4) is 0 Å². The van der Waals surface area contributed by atoms with E-state index in [1.807, 2.05) is 24.3 Å². The predicted molar refractivity (Wildman–Crippen MR) is 114 cm³/mol. The van der Waals surface area contributed by atoms with Crippen LogP contribution in [0.2, 0.25) is 0 Å². The number of likely N-dealkylation sites (tertiary alicyclic amines) is 1. The Hall–Kier alpha value is -2.81. The zero-order valence-electron chi connectivity index (χ0n) is 17.4. The Kier molecular flexibility index (Phi) is 6.31. The molecule has 1 saturated heterocycles. The molecule has 0 aliphatic carbocycles. The minimum atomic E-state index is -0.280. The number of carbonyl (C=O) groups excluding carboxylic acids is 2. The van der Waals surface area contributed by atoms with Gasteiger partial charge in [-0.3, -0.25) is 14.2 Å². The van der Waals surface area contributed by atoms with E-state index in [9.17, 15) is 14.4 Å². The molecule has 1 aromatic heterocycles. The second kappa shape index (κ2) is 9.13. The van der Waals surface area contributed by atoms with Crippen LogP contribution in [0.15, 0.2) is 29.1 Å². The molecule has 31 heavy (non-hydrogen) atoms. The third kappa shape index (κ3) is 4.46. The number of hydrogen-bond acceptors (Lipinski definition) is 5. The van der Waals surface area contributed by atoms with Gasteiger partial charge < -0.3 is 15.0 Å². The molecule has 0 spiro atoms. The second-order valence-electron chi connectivity index (χ2n) is 7.95. The van der Waals surface area contributed by atoms with Crippen molar-refractivity contribution in [2.75, 3.05) is 26.1 Å². The molecule has 9 nitrogen and oxygen atoms in total. The van der Waals surface area contributed by atoms with Gasteiger partial charge in [-0.1, -0.05) is 12.1 Å². The molecule has 2 aromatic rings. The van der Waals surface area contributed by atoms with Crippen molar-refractivity contribution < 1.29 is 14.3 Å². The van der Waals surface area contributed by atoms with Crippen LogP contribution < -0.4 is 15.7 Å². The average molecular weight is 448 g/mol. The highest BCUT2D eigenvalue weighted by Crippen LogP contribution is 2.29. The molecule has 1 aromatic carbocycles. The van der Waals surface area contributed by atoms with Gasteiger partial charge in [-0.15, -0.1) is 11.6 Å². The first-order valence-corrected chi connectivity index (χ1v) is 11.0. The molecule has 2 aliphatic rings. The monoisotopic (exact) mass is 447 g/mol. The van der Waals surface area contributed by atoms with E-state index in [1.165, 1.54) is 4.68 Å². The Labute approximate surface area is 184 Å². The highest BCUT2D eigenvalue weighted by Gasteiger charge is 2.37. The number of halogens is 1. The number of amides is 2. The minimum absolute atomic E-state index is 0.0889. The summed E-state index contributed by atoms with van der Waals surface area (Å²) in [6.45, 7) is 1.32. The van der Waals surface area contributed by atoms with Crippen molar-refractivity contribution in [3.05, 3.63) is 46.1 Å². The van der Waals surface area contributed by atoms with Crippen LogP contribution in [0.4, 0.5) is 0 Å². The van der Waals surface area contributed by atoms with E-state index in [-0.39, 0.29) is 41.9 Å². The van der Waals surface area contributed by atoms with Gasteiger partial charge in [0.1, 0.15) is 24.0 Å². The number of hydrogen-bond donors (Lipinski definition) is 1. The Balaban J connectivity index is 1.51.